The first-order valence-electron chi connectivity index (χ1n) is 4.48. The summed E-state index contributed by atoms with van der Waals surface area (Å²) in [6, 6.07) is 5.89. The zero-order chi connectivity index (χ0) is 9.42. The average molecular weight is 239 g/mol. The number of carbonyl (C=O) groups is 1. The second-order valence-corrected chi connectivity index (χ2v) is 4.57. The van der Waals surface area contributed by atoms with E-state index in [0.29, 0.717) is 11.7 Å². The lowest BCUT2D eigenvalue weighted by Crippen LogP contribution is -2.01. The van der Waals surface area contributed by atoms with Gasteiger partial charge in [0.1, 0.15) is 0 Å². The van der Waals surface area contributed by atoms with Crippen LogP contribution in [0.1, 0.15) is 28.8 Å². The van der Waals surface area contributed by atoms with E-state index < -0.39 is 0 Å². The van der Waals surface area contributed by atoms with E-state index in [1.54, 1.807) is 0 Å². The Balaban J connectivity index is 2.33. The zero-order valence-electron chi connectivity index (χ0n) is 7.51. The summed E-state index contributed by atoms with van der Waals surface area (Å²) in [5.41, 5.74) is 1.99. The summed E-state index contributed by atoms with van der Waals surface area (Å²) in [7, 11) is 0. The van der Waals surface area contributed by atoms with Gasteiger partial charge in [0.05, 0.1) is 0 Å². The van der Waals surface area contributed by atoms with Gasteiger partial charge in [-0.05, 0) is 43.5 Å². The molecular formula is C11H11BrO. The summed E-state index contributed by atoms with van der Waals surface area (Å²) in [6.45, 7) is 2.01. The summed E-state index contributed by atoms with van der Waals surface area (Å²) in [6.07, 6.45) is 2.15. The van der Waals surface area contributed by atoms with Crippen molar-refractivity contribution in [2.24, 2.45) is 5.92 Å². The number of carbonyl (C=O) groups excluding carboxylic acids is 1. The van der Waals surface area contributed by atoms with E-state index in [0.717, 1.165) is 28.4 Å². The van der Waals surface area contributed by atoms with Crippen molar-refractivity contribution in [3.63, 3.8) is 0 Å². The number of ketones is 1. The molecule has 1 saturated carbocycles. The van der Waals surface area contributed by atoms with Crippen LogP contribution in [-0.4, -0.2) is 5.78 Å². The third kappa shape index (κ3) is 1.99. The number of benzene rings is 1. The molecule has 1 aliphatic rings. The maximum absolute atomic E-state index is 11.7. The number of aryl methyl sites for hydroxylation is 1. The molecule has 1 aromatic carbocycles. The molecule has 1 nitrogen and oxygen atoms in total. The minimum atomic E-state index is 0.310. The highest BCUT2D eigenvalue weighted by Gasteiger charge is 2.30. The van der Waals surface area contributed by atoms with Gasteiger partial charge in [0.25, 0.3) is 0 Å². The van der Waals surface area contributed by atoms with Crippen molar-refractivity contribution in [1.82, 2.24) is 0 Å². The minimum Gasteiger partial charge on any atom is -0.294 e. The van der Waals surface area contributed by atoms with Crippen molar-refractivity contribution in [2.75, 3.05) is 0 Å². The third-order valence-electron chi connectivity index (χ3n) is 2.27. The molecule has 1 fully saturated rings. The summed E-state index contributed by atoms with van der Waals surface area (Å²) in [5, 5.41) is 0. The van der Waals surface area contributed by atoms with Crippen LogP contribution < -0.4 is 0 Å². The van der Waals surface area contributed by atoms with Gasteiger partial charge in [0, 0.05) is 16.0 Å². The Morgan fingerprint density at radius 1 is 1.38 bits per heavy atom. The molecule has 0 heterocycles. The van der Waals surface area contributed by atoms with E-state index in [4.69, 9.17) is 0 Å². The molecule has 0 bridgehead atoms. The largest absolute Gasteiger partial charge is 0.294 e. The zero-order valence-corrected chi connectivity index (χ0v) is 9.10. The Morgan fingerprint density at radius 3 is 2.62 bits per heavy atom. The predicted octanol–water partition coefficient (Wildman–Crippen LogP) is 3.35. The van der Waals surface area contributed by atoms with Crippen molar-refractivity contribution in [1.29, 1.82) is 0 Å². The van der Waals surface area contributed by atoms with Crippen LogP contribution in [0.5, 0.6) is 0 Å². The van der Waals surface area contributed by atoms with Crippen LogP contribution in [0.2, 0.25) is 0 Å². The highest BCUT2D eigenvalue weighted by Crippen LogP contribution is 2.33. The van der Waals surface area contributed by atoms with Crippen molar-refractivity contribution < 1.29 is 4.79 Å². The second-order valence-electron chi connectivity index (χ2n) is 3.66. The monoisotopic (exact) mass is 238 g/mol. The molecule has 0 aromatic heterocycles. The Morgan fingerprint density at radius 2 is 2.08 bits per heavy atom. The molecule has 0 radical (unpaired) electrons. The lowest BCUT2D eigenvalue weighted by molar-refractivity contribution is 0.0967. The number of Topliss-reactive ketones (excluding diaryl/α,β-unsaturated/α-hetero) is 1. The lowest BCUT2D eigenvalue weighted by Gasteiger charge is -2.01. The quantitative estimate of drug-likeness (QED) is 0.723. The molecule has 0 unspecified atom stereocenters. The first-order chi connectivity index (χ1) is 6.16. The van der Waals surface area contributed by atoms with Crippen molar-refractivity contribution >= 4 is 21.7 Å². The van der Waals surface area contributed by atoms with Gasteiger partial charge in [0.2, 0.25) is 0 Å². The Labute approximate surface area is 86.3 Å². The van der Waals surface area contributed by atoms with Crippen LogP contribution in [0.25, 0.3) is 0 Å². The number of halogens is 1. The summed E-state index contributed by atoms with van der Waals surface area (Å²) in [4.78, 5) is 11.7. The van der Waals surface area contributed by atoms with Crippen molar-refractivity contribution in [2.45, 2.75) is 19.8 Å². The summed E-state index contributed by atoms with van der Waals surface area (Å²) < 4.78 is 0.997. The molecule has 0 atom stereocenters. The van der Waals surface area contributed by atoms with Crippen molar-refractivity contribution in [3.05, 3.63) is 33.8 Å². The highest BCUT2D eigenvalue weighted by atomic mass is 79.9. The second kappa shape index (κ2) is 3.26. The fourth-order valence-corrected chi connectivity index (χ4v) is 2.07. The van der Waals surface area contributed by atoms with Gasteiger partial charge in [-0.15, -0.1) is 0 Å². The molecule has 0 amide bonds. The molecule has 2 rings (SSSR count). The van der Waals surface area contributed by atoms with Gasteiger partial charge in [-0.2, -0.15) is 0 Å². The molecule has 1 aliphatic carbocycles. The van der Waals surface area contributed by atoms with Crippen LogP contribution in [0.15, 0.2) is 22.7 Å². The Bertz CT molecular complexity index is 333. The van der Waals surface area contributed by atoms with E-state index in [1.165, 1.54) is 0 Å². The van der Waals surface area contributed by atoms with E-state index >= 15 is 0 Å². The first-order valence-corrected chi connectivity index (χ1v) is 5.27. The predicted molar refractivity (Wildman–Crippen MR) is 55.9 cm³/mol. The van der Waals surface area contributed by atoms with Gasteiger partial charge in [-0.3, -0.25) is 4.79 Å². The Kier molecular flexibility index (Phi) is 2.24. The minimum absolute atomic E-state index is 0.310. The maximum atomic E-state index is 11.7. The molecule has 13 heavy (non-hydrogen) atoms. The van der Waals surface area contributed by atoms with Gasteiger partial charge >= 0.3 is 0 Å². The number of rotatable bonds is 2. The molecular weight excluding hydrogens is 228 g/mol. The van der Waals surface area contributed by atoms with Gasteiger partial charge in [-0.25, -0.2) is 0 Å². The fourth-order valence-electron chi connectivity index (χ4n) is 1.46. The van der Waals surface area contributed by atoms with Crippen LogP contribution in [0, 0.1) is 12.8 Å². The van der Waals surface area contributed by atoms with Gasteiger partial charge in [-0.1, -0.05) is 15.9 Å². The van der Waals surface area contributed by atoms with E-state index in [1.807, 2.05) is 25.1 Å². The molecule has 2 heteroatoms. The van der Waals surface area contributed by atoms with E-state index in [-0.39, 0.29) is 0 Å². The summed E-state index contributed by atoms with van der Waals surface area (Å²) >= 11 is 3.40. The molecule has 1 aromatic rings. The smallest absolute Gasteiger partial charge is 0.165 e. The standard InChI is InChI=1S/C11H11BrO/c1-7-4-9(6-10(12)5-7)11(13)8-2-3-8/h4-6,8H,2-3H2,1H3. The average Bonchev–Trinajstić information content (AvgIpc) is 2.83. The topological polar surface area (TPSA) is 17.1 Å². The third-order valence-corrected chi connectivity index (χ3v) is 2.73. The van der Waals surface area contributed by atoms with Crippen LogP contribution >= 0.6 is 15.9 Å². The van der Waals surface area contributed by atoms with E-state index in [2.05, 4.69) is 15.9 Å². The summed E-state index contributed by atoms with van der Waals surface area (Å²) in [5.74, 6) is 0.623. The normalized spacial score (nSPS) is 15.8. The fraction of sp³-hybridized carbons (Fsp3) is 0.364. The van der Waals surface area contributed by atoms with Gasteiger partial charge < -0.3 is 0 Å². The highest BCUT2D eigenvalue weighted by molar-refractivity contribution is 9.10. The molecule has 0 N–H and O–H groups in total. The van der Waals surface area contributed by atoms with Crippen LogP contribution in [0.4, 0.5) is 0 Å². The maximum Gasteiger partial charge on any atom is 0.165 e. The molecule has 0 saturated heterocycles. The molecule has 0 aliphatic heterocycles. The van der Waals surface area contributed by atoms with Gasteiger partial charge in [0.15, 0.2) is 5.78 Å². The van der Waals surface area contributed by atoms with Crippen molar-refractivity contribution in [3.8, 4) is 0 Å². The lowest BCUT2D eigenvalue weighted by atomic mass is 10.1. The first kappa shape index (κ1) is 8.95. The molecule has 0 spiro atoms. The number of hydrogen-bond acceptors (Lipinski definition) is 1. The van der Waals surface area contributed by atoms with E-state index in [9.17, 15) is 4.79 Å². The van der Waals surface area contributed by atoms with Crippen LogP contribution in [0.3, 0.4) is 0 Å². The van der Waals surface area contributed by atoms with Crippen LogP contribution in [-0.2, 0) is 0 Å². The number of hydrogen-bond donors (Lipinski definition) is 0. The Hall–Kier alpha value is -0.630. The molecule has 68 valence electrons. The SMILES string of the molecule is Cc1cc(Br)cc(C(=O)C2CC2)c1.